The van der Waals surface area contributed by atoms with Crippen LogP contribution in [-0.4, -0.2) is 46.7 Å². The largest absolute Gasteiger partial charge is 0.375 e. The summed E-state index contributed by atoms with van der Waals surface area (Å²) in [5, 5.41) is 10.5. The van der Waals surface area contributed by atoms with E-state index in [1.807, 2.05) is 20.0 Å². The lowest BCUT2D eigenvalue weighted by Gasteiger charge is -2.20. The van der Waals surface area contributed by atoms with Crippen molar-refractivity contribution in [2.45, 2.75) is 96.7 Å². The standard InChI is InChI=1S/C9H15N3.C6H10O2.C5H9NO.C2H6/c1-2-4-8(5-3-1)6-9-7-10-12-11-9;1-3-7-6-2-4-8-5(1)6;6-5(7)4-2-1-3-4;1-2/h7-8H,1-6H2,(H,10,11,12);5-6H,1-4H2;4H,1-3H2,(H2,6,7);1-2H3. The van der Waals surface area contributed by atoms with Gasteiger partial charge in [-0.15, -0.1) is 0 Å². The third-order valence-electron chi connectivity index (χ3n) is 6.08. The molecule has 4 aliphatic rings. The highest BCUT2D eigenvalue weighted by Gasteiger charge is 2.33. The Morgan fingerprint density at radius 3 is 2.03 bits per heavy atom. The van der Waals surface area contributed by atoms with Gasteiger partial charge in [-0.3, -0.25) is 4.79 Å². The summed E-state index contributed by atoms with van der Waals surface area (Å²) in [6.07, 6.45) is 16.3. The molecule has 2 atom stereocenters. The van der Waals surface area contributed by atoms with Crippen molar-refractivity contribution in [3.05, 3.63) is 11.9 Å². The molecule has 2 saturated heterocycles. The van der Waals surface area contributed by atoms with Gasteiger partial charge in [-0.2, -0.15) is 15.4 Å². The topological polar surface area (TPSA) is 103 Å². The van der Waals surface area contributed by atoms with E-state index in [4.69, 9.17) is 15.2 Å². The zero-order valence-corrected chi connectivity index (χ0v) is 18.3. The van der Waals surface area contributed by atoms with Crippen LogP contribution in [0.2, 0.25) is 0 Å². The number of fused-ring (bicyclic) bond motifs is 1. The summed E-state index contributed by atoms with van der Waals surface area (Å²) in [5.41, 5.74) is 6.09. The van der Waals surface area contributed by atoms with Crippen molar-refractivity contribution in [2.75, 3.05) is 13.2 Å². The number of carbonyl (C=O) groups excluding carboxylic acids is 1. The molecule has 7 nitrogen and oxygen atoms in total. The molecular formula is C22H40N4O3. The zero-order chi connectivity index (χ0) is 20.9. The number of hydrogen-bond donors (Lipinski definition) is 2. The summed E-state index contributed by atoms with van der Waals surface area (Å²) in [6, 6.07) is 0. The number of amides is 1. The maximum atomic E-state index is 10.2. The van der Waals surface area contributed by atoms with Gasteiger partial charge in [0.1, 0.15) is 0 Å². The lowest BCUT2D eigenvalue weighted by atomic mass is 9.85. The van der Waals surface area contributed by atoms with Gasteiger partial charge < -0.3 is 15.2 Å². The second-order valence-corrected chi connectivity index (χ2v) is 8.10. The number of nitrogens with two attached hydrogens (primary N) is 1. The predicted molar refractivity (Wildman–Crippen MR) is 113 cm³/mol. The molecule has 3 heterocycles. The maximum Gasteiger partial charge on any atom is 0.220 e. The van der Waals surface area contributed by atoms with Crippen LogP contribution < -0.4 is 5.73 Å². The highest BCUT2D eigenvalue weighted by molar-refractivity contribution is 5.77. The van der Waals surface area contributed by atoms with Gasteiger partial charge in [0.05, 0.1) is 24.1 Å². The average molecular weight is 409 g/mol. The van der Waals surface area contributed by atoms with Crippen molar-refractivity contribution in [1.82, 2.24) is 15.4 Å². The molecule has 2 aliphatic heterocycles. The van der Waals surface area contributed by atoms with Crippen molar-refractivity contribution in [1.29, 1.82) is 0 Å². The smallest absolute Gasteiger partial charge is 0.220 e. The molecule has 166 valence electrons. The van der Waals surface area contributed by atoms with Crippen molar-refractivity contribution >= 4 is 5.91 Å². The molecule has 29 heavy (non-hydrogen) atoms. The molecule has 2 saturated carbocycles. The van der Waals surface area contributed by atoms with Gasteiger partial charge in [0.2, 0.25) is 5.91 Å². The number of carbonyl (C=O) groups is 1. The second-order valence-electron chi connectivity index (χ2n) is 8.10. The van der Waals surface area contributed by atoms with Crippen LogP contribution in [0.15, 0.2) is 6.20 Å². The molecule has 5 rings (SSSR count). The highest BCUT2D eigenvalue weighted by atomic mass is 16.6. The molecule has 3 N–H and O–H groups in total. The lowest BCUT2D eigenvalue weighted by Crippen LogP contribution is -2.28. The van der Waals surface area contributed by atoms with Crippen LogP contribution in [0.3, 0.4) is 0 Å². The van der Waals surface area contributed by atoms with E-state index in [9.17, 15) is 4.79 Å². The number of H-pyrrole nitrogens is 1. The Kier molecular flexibility index (Phi) is 11.2. The minimum Gasteiger partial charge on any atom is -0.375 e. The summed E-state index contributed by atoms with van der Waals surface area (Å²) >= 11 is 0. The minimum absolute atomic E-state index is 0.119. The van der Waals surface area contributed by atoms with E-state index in [1.54, 1.807) is 0 Å². The molecule has 0 bridgehead atoms. The van der Waals surface area contributed by atoms with Gasteiger partial charge >= 0.3 is 0 Å². The number of hydrogen-bond acceptors (Lipinski definition) is 5. The van der Waals surface area contributed by atoms with Gasteiger partial charge in [-0.25, -0.2) is 0 Å². The Morgan fingerprint density at radius 1 is 1.00 bits per heavy atom. The molecule has 7 heteroatoms. The SMILES string of the molecule is C1CC2OCCC2O1.CC.NC(=O)C1CCC1.c1n[nH]nc1CC1CCCCC1. The number of primary amides is 1. The third kappa shape index (κ3) is 8.42. The third-order valence-corrected chi connectivity index (χ3v) is 6.08. The van der Waals surface area contributed by atoms with Crippen LogP contribution in [0.1, 0.15) is 83.7 Å². The van der Waals surface area contributed by atoms with Crippen LogP contribution in [-0.2, 0) is 20.7 Å². The molecule has 1 aromatic heterocycles. The fourth-order valence-electron chi connectivity index (χ4n) is 4.13. The maximum absolute atomic E-state index is 10.2. The summed E-state index contributed by atoms with van der Waals surface area (Å²) in [4.78, 5) is 10.2. The van der Waals surface area contributed by atoms with Crippen LogP contribution in [0.25, 0.3) is 0 Å². The Labute approximate surface area is 175 Å². The number of aromatic amines is 1. The molecule has 2 aliphatic carbocycles. The number of aromatic nitrogens is 3. The number of nitrogens with one attached hydrogen (secondary N) is 1. The van der Waals surface area contributed by atoms with Crippen LogP contribution in [0, 0.1) is 11.8 Å². The van der Waals surface area contributed by atoms with Gasteiger partial charge in [-0.05, 0) is 38.0 Å². The van der Waals surface area contributed by atoms with Crippen molar-refractivity contribution in [3.8, 4) is 0 Å². The normalized spacial score (nSPS) is 25.9. The monoisotopic (exact) mass is 408 g/mol. The molecule has 0 radical (unpaired) electrons. The Hall–Kier alpha value is -1.47. The van der Waals surface area contributed by atoms with Crippen molar-refractivity contribution in [2.24, 2.45) is 17.6 Å². The Bertz CT molecular complexity index is 522. The first kappa shape index (κ1) is 23.8. The van der Waals surface area contributed by atoms with Crippen LogP contribution in [0.4, 0.5) is 0 Å². The molecule has 4 fully saturated rings. The first-order valence-corrected chi connectivity index (χ1v) is 11.6. The predicted octanol–water partition coefficient (Wildman–Crippen LogP) is 3.79. The minimum atomic E-state index is -0.119. The van der Waals surface area contributed by atoms with Crippen LogP contribution in [0.5, 0.6) is 0 Å². The van der Waals surface area contributed by atoms with E-state index >= 15 is 0 Å². The fourth-order valence-corrected chi connectivity index (χ4v) is 4.13. The Balaban J connectivity index is 0.000000155. The molecule has 2 unspecified atom stereocenters. The summed E-state index contributed by atoms with van der Waals surface area (Å²) in [6.45, 7) is 5.82. The molecular weight excluding hydrogens is 368 g/mol. The van der Waals surface area contributed by atoms with Gasteiger partial charge in [0, 0.05) is 19.1 Å². The lowest BCUT2D eigenvalue weighted by molar-refractivity contribution is -0.124. The second kappa shape index (κ2) is 13.7. The molecule has 1 aromatic rings. The zero-order valence-electron chi connectivity index (χ0n) is 18.3. The van der Waals surface area contributed by atoms with E-state index in [1.165, 1.54) is 38.5 Å². The number of nitrogens with zero attached hydrogens (tertiary/aromatic N) is 2. The van der Waals surface area contributed by atoms with Crippen LogP contribution >= 0.6 is 0 Å². The number of ether oxygens (including phenoxy) is 2. The van der Waals surface area contributed by atoms with E-state index in [-0.39, 0.29) is 11.8 Å². The molecule has 0 spiro atoms. The van der Waals surface area contributed by atoms with Crippen molar-refractivity contribution in [3.63, 3.8) is 0 Å². The summed E-state index contributed by atoms with van der Waals surface area (Å²) < 4.78 is 10.7. The van der Waals surface area contributed by atoms with Gasteiger partial charge in [0.25, 0.3) is 0 Å². The number of rotatable bonds is 3. The van der Waals surface area contributed by atoms with Gasteiger partial charge in [0.15, 0.2) is 0 Å². The highest BCUT2D eigenvalue weighted by Crippen LogP contribution is 2.26. The Morgan fingerprint density at radius 2 is 1.62 bits per heavy atom. The first-order valence-electron chi connectivity index (χ1n) is 11.6. The van der Waals surface area contributed by atoms with Gasteiger partial charge in [-0.1, -0.05) is 52.4 Å². The van der Waals surface area contributed by atoms with E-state index in [0.717, 1.165) is 56.9 Å². The average Bonchev–Trinajstić information content (AvgIpc) is 3.42. The van der Waals surface area contributed by atoms with E-state index in [2.05, 4.69) is 15.4 Å². The molecule has 0 aromatic carbocycles. The first-order chi connectivity index (χ1) is 14.2. The van der Waals surface area contributed by atoms with E-state index in [0.29, 0.717) is 12.2 Å². The fraction of sp³-hybridized carbons (Fsp3) is 0.864. The summed E-state index contributed by atoms with van der Waals surface area (Å²) in [5.74, 6) is 0.968. The van der Waals surface area contributed by atoms with E-state index < -0.39 is 0 Å². The quantitative estimate of drug-likeness (QED) is 0.792. The van der Waals surface area contributed by atoms with Crippen molar-refractivity contribution < 1.29 is 14.3 Å². The molecule has 1 amide bonds. The summed E-state index contributed by atoms with van der Waals surface area (Å²) in [7, 11) is 0.